The van der Waals surface area contributed by atoms with Gasteiger partial charge >= 0.3 is 0 Å². The Morgan fingerprint density at radius 1 is 1.12 bits per heavy atom. The van der Waals surface area contributed by atoms with Crippen LogP contribution >= 0.6 is 0 Å². The summed E-state index contributed by atoms with van der Waals surface area (Å²) in [5.41, 5.74) is 3.41. The average Bonchev–Trinajstić information content (AvgIpc) is 3.75. The summed E-state index contributed by atoms with van der Waals surface area (Å²) in [6.45, 7) is 10.7. The molecule has 0 unspecified atom stereocenters. The lowest BCUT2D eigenvalue weighted by Crippen LogP contribution is -2.38. The average molecular weight is 574 g/mol. The zero-order valence-electron chi connectivity index (χ0n) is 23.7. The number of benzene rings is 1. The first-order valence-electron chi connectivity index (χ1n) is 13.8. The highest BCUT2D eigenvalue weighted by Gasteiger charge is 2.24. The van der Waals surface area contributed by atoms with E-state index in [0.717, 1.165) is 50.5 Å². The van der Waals surface area contributed by atoms with Crippen LogP contribution in [0.3, 0.4) is 0 Å². The number of halogens is 1. The van der Waals surface area contributed by atoms with Crippen LogP contribution in [0.1, 0.15) is 42.8 Å². The minimum absolute atomic E-state index is 0.0279. The molecule has 1 aromatic carbocycles. The van der Waals surface area contributed by atoms with Gasteiger partial charge in [-0.2, -0.15) is 10.1 Å². The number of ether oxygens (including phenoxy) is 1. The molecule has 0 aliphatic carbocycles. The van der Waals surface area contributed by atoms with Gasteiger partial charge in [0.05, 0.1) is 37.0 Å². The van der Waals surface area contributed by atoms with Crippen LogP contribution in [0.15, 0.2) is 47.4 Å². The van der Waals surface area contributed by atoms with E-state index in [1.165, 1.54) is 6.07 Å². The Labute approximate surface area is 241 Å². The number of nitrogens with one attached hydrogen (secondary N) is 2. The van der Waals surface area contributed by atoms with Crippen molar-refractivity contribution < 1.29 is 18.4 Å². The van der Waals surface area contributed by atoms with Gasteiger partial charge in [-0.05, 0) is 17.7 Å². The van der Waals surface area contributed by atoms with E-state index in [1.54, 1.807) is 24.5 Å². The number of aromatic amines is 1. The highest BCUT2D eigenvalue weighted by molar-refractivity contribution is 5.91. The van der Waals surface area contributed by atoms with Gasteiger partial charge in [-0.25, -0.2) is 14.4 Å². The van der Waals surface area contributed by atoms with Crippen molar-refractivity contribution >= 4 is 17.1 Å². The number of H-pyrrole nitrogens is 1. The van der Waals surface area contributed by atoms with Crippen molar-refractivity contribution in [3.63, 3.8) is 0 Å². The van der Waals surface area contributed by atoms with Crippen molar-refractivity contribution in [2.45, 2.75) is 39.3 Å². The van der Waals surface area contributed by atoms with E-state index in [-0.39, 0.29) is 17.8 Å². The first-order valence-corrected chi connectivity index (χ1v) is 13.8. The fourth-order valence-corrected chi connectivity index (χ4v) is 4.70. The number of amides is 1. The smallest absolute Gasteiger partial charge is 0.292 e. The first kappa shape index (κ1) is 27.7. The Hall–Kier alpha value is -4.49. The van der Waals surface area contributed by atoms with Crippen molar-refractivity contribution in [1.29, 1.82) is 0 Å². The van der Waals surface area contributed by atoms with Gasteiger partial charge in [0.25, 0.3) is 11.7 Å². The summed E-state index contributed by atoms with van der Waals surface area (Å²) >= 11 is 0. The summed E-state index contributed by atoms with van der Waals surface area (Å²) in [4.78, 5) is 31.4. The standard InChI is InChI=1S/C29H32FN9O3/c1-29(2,3)28-36-26(37-42-28)27(40)32-15-19-5-4-18(14-22(19)30)21-6-7-31-25-23(21)34-24(35-25)20-16-33-39(17-20)9-8-38-10-12-41-13-11-38/h4-7,14,16-17H,8-13,15H2,1-3H3,(H,32,40)(H,31,34,35). The van der Waals surface area contributed by atoms with Gasteiger partial charge in [0.1, 0.15) is 11.6 Å². The number of carbonyl (C=O) groups excluding carboxylic acids is 1. The number of nitrogens with zero attached hydrogens (tertiary/aromatic N) is 7. The Morgan fingerprint density at radius 3 is 2.71 bits per heavy atom. The third kappa shape index (κ3) is 5.92. The third-order valence-electron chi connectivity index (χ3n) is 7.12. The van der Waals surface area contributed by atoms with Gasteiger partial charge in [0, 0.05) is 55.1 Å². The van der Waals surface area contributed by atoms with E-state index < -0.39 is 11.7 Å². The van der Waals surface area contributed by atoms with E-state index in [2.05, 4.69) is 40.4 Å². The van der Waals surface area contributed by atoms with Crippen molar-refractivity contribution in [2.75, 3.05) is 32.8 Å². The second-order valence-corrected chi connectivity index (χ2v) is 11.3. The zero-order valence-corrected chi connectivity index (χ0v) is 23.7. The maximum Gasteiger partial charge on any atom is 0.292 e. The second-order valence-electron chi connectivity index (χ2n) is 11.3. The molecule has 2 N–H and O–H groups in total. The van der Waals surface area contributed by atoms with Gasteiger partial charge in [0.15, 0.2) is 5.65 Å². The zero-order chi connectivity index (χ0) is 29.3. The topological polar surface area (TPSA) is 140 Å². The van der Waals surface area contributed by atoms with E-state index in [9.17, 15) is 4.79 Å². The van der Waals surface area contributed by atoms with Crippen LogP contribution in [-0.4, -0.2) is 78.5 Å². The molecule has 1 saturated heterocycles. The molecule has 218 valence electrons. The minimum atomic E-state index is -0.539. The number of hydrogen-bond acceptors (Lipinski definition) is 9. The minimum Gasteiger partial charge on any atom is -0.379 e. The van der Waals surface area contributed by atoms with Crippen LogP contribution in [0.25, 0.3) is 33.7 Å². The molecule has 0 saturated carbocycles. The predicted octanol–water partition coefficient (Wildman–Crippen LogP) is 3.57. The summed E-state index contributed by atoms with van der Waals surface area (Å²) in [5, 5.41) is 10.9. The van der Waals surface area contributed by atoms with Crippen LogP contribution in [-0.2, 0) is 23.2 Å². The van der Waals surface area contributed by atoms with Gasteiger partial charge in [0.2, 0.25) is 5.89 Å². The van der Waals surface area contributed by atoms with Gasteiger partial charge in [-0.3, -0.25) is 14.4 Å². The summed E-state index contributed by atoms with van der Waals surface area (Å²) in [6.07, 6.45) is 5.38. The molecule has 1 amide bonds. The molecule has 6 rings (SSSR count). The van der Waals surface area contributed by atoms with E-state index >= 15 is 4.39 Å². The molecular weight excluding hydrogens is 541 g/mol. The van der Waals surface area contributed by atoms with Gasteiger partial charge in [-0.15, -0.1) is 0 Å². The van der Waals surface area contributed by atoms with E-state index in [4.69, 9.17) is 9.26 Å². The molecule has 13 heteroatoms. The molecule has 4 aromatic heterocycles. The maximum absolute atomic E-state index is 15.2. The normalized spacial score (nSPS) is 14.5. The Bertz CT molecular complexity index is 1710. The van der Waals surface area contributed by atoms with Crippen LogP contribution in [0.2, 0.25) is 0 Å². The summed E-state index contributed by atoms with van der Waals surface area (Å²) in [6, 6.07) is 6.70. The molecule has 5 heterocycles. The highest BCUT2D eigenvalue weighted by atomic mass is 19.1. The van der Waals surface area contributed by atoms with Crippen molar-refractivity contribution in [1.82, 2.24) is 45.1 Å². The van der Waals surface area contributed by atoms with Crippen LogP contribution in [0, 0.1) is 5.82 Å². The first-order chi connectivity index (χ1) is 20.2. The second kappa shape index (κ2) is 11.4. The molecule has 1 aliphatic heterocycles. The molecule has 0 bridgehead atoms. The quantitative estimate of drug-likeness (QED) is 0.285. The van der Waals surface area contributed by atoms with Crippen molar-refractivity contribution in [3.8, 4) is 22.5 Å². The third-order valence-corrected chi connectivity index (χ3v) is 7.12. The SMILES string of the molecule is CC(C)(C)c1nc(C(=O)NCc2ccc(-c3ccnc4nc(-c5cnn(CCN6CCOCC6)c5)[nH]c34)cc2F)no1. The predicted molar refractivity (Wildman–Crippen MR) is 152 cm³/mol. The fourth-order valence-electron chi connectivity index (χ4n) is 4.70. The van der Waals surface area contributed by atoms with Crippen LogP contribution in [0.4, 0.5) is 4.39 Å². The molecular formula is C29H32FN9O3. The van der Waals surface area contributed by atoms with Crippen molar-refractivity contribution in [2.24, 2.45) is 0 Å². The number of carbonyl (C=O) groups is 1. The summed E-state index contributed by atoms with van der Waals surface area (Å²) < 4.78 is 27.7. The largest absolute Gasteiger partial charge is 0.379 e. The fraction of sp³-hybridized carbons (Fsp3) is 0.379. The van der Waals surface area contributed by atoms with E-state index in [1.807, 2.05) is 37.7 Å². The monoisotopic (exact) mass is 573 g/mol. The number of hydrogen-bond donors (Lipinski definition) is 2. The molecule has 1 aliphatic rings. The molecule has 42 heavy (non-hydrogen) atoms. The number of morpholine rings is 1. The maximum atomic E-state index is 15.2. The molecule has 0 radical (unpaired) electrons. The van der Waals surface area contributed by atoms with Crippen LogP contribution < -0.4 is 5.32 Å². The van der Waals surface area contributed by atoms with Gasteiger partial charge in [-0.1, -0.05) is 38.1 Å². The Morgan fingerprint density at radius 2 is 1.95 bits per heavy atom. The summed E-state index contributed by atoms with van der Waals surface area (Å²) in [5.74, 6) is -0.0933. The van der Waals surface area contributed by atoms with Crippen LogP contribution in [0.5, 0.6) is 0 Å². The highest BCUT2D eigenvalue weighted by Crippen LogP contribution is 2.29. The van der Waals surface area contributed by atoms with Gasteiger partial charge < -0.3 is 19.6 Å². The molecule has 1 fully saturated rings. The number of imidazole rings is 1. The molecule has 0 atom stereocenters. The lowest BCUT2D eigenvalue weighted by Gasteiger charge is -2.26. The van der Waals surface area contributed by atoms with E-state index in [0.29, 0.717) is 34.0 Å². The molecule has 0 spiro atoms. The molecule has 5 aromatic rings. The lowest BCUT2D eigenvalue weighted by molar-refractivity contribution is 0.0360. The summed E-state index contributed by atoms with van der Waals surface area (Å²) in [7, 11) is 0. The Kier molecular flexibility index (Phi) is 7.52. The van der Waals surface area contributed by atoms with Crippen molar-refractivity contribution in [3.05, 3.63) is 66.0 Å². The Balaban J connectivity index is 1.15. The number of aromatic nitrogens is 7. The molecule has 12 nitrogen and oxygen atoms in total. The lowest BCUT2D eigenvalue weighted by atomic mass is 9.97. The number of rotatable bonds is 8. The number of pyridine rings is 1. The number of fused-ring (bicyclic) bond motifs is 1.